The summed E-state index contributed by atoms with van der Waals surface area (Å²) in [5, 5.41) is 14.4. The monoisotopic (exact) mass is 517 g/mol. The fourth-order valence-corrected chi connectivity index (χ4v) is 5.89. The van der Waals surface area contributed by atoms with E-state index in [1.807, 2.05) is 12.1 Å². The topological polar surface area (TPSA) is 83.4 Å². The first-order valence-corrected chi connectivity index (χ1v) is 12.9. The highest BCUT2D eigenvalue weighted by Crippen LogP contribution is 2.27. The molecule has 1 aliphatic heterocycles. The molecule has 170 valence electrons. The van der Waals surface area contributed by atoms with Gasteiger partial charge in [0.1, 0.15) is 0 Å². The van der Waals surface area contributed by atoms with Crippen molar-refractivity contribution >= 4 is 43.4 Å². The largest absolute Gasteiger partial charge is 0.393 e. The molecule has 32 heavy (non-hydrogen) atoms. The number of aromatic nitrogens is 3. The molecule has 2 aliphatic rings. The van der Waals surface area contributed by atoms with Crippen LogP contribution in [0.5, 0.6) is 0 Å². The molecular formula is C23H28BrN5O2S. The first kappa shape index (κ1) is 22.2. The van der Waals surface area contributed by atoms with Crippen LogP contribution in [0.1, 0.15) is 42.1 Å². The summed E-state index contributed by atoms with van der Waals surface area (Å²) in [4.78, 5) is 16.9. The summed E-state index contributed by atoms with van der Waals surface area (Å²) in [6.07, 6.45) is 4.07. The zero-order chi connectivity index (χ0) is 21.9. The number of rotatable bonds is 6. The van der Waals surface area contributed by atoms with Crippen molar-refractivity contribution < 1.29 is 9.84 Å². The van der Waals surface area contributed by atoms with Crippen molar-refractivity contribution in [3.05, 3.63) is 45.1 Å². The third-order valence-corrected chi connectivity index (χ3v) is 7.59. The van der Waals surface area contributed by atoms with Crippen LogP contribution in [0.3, 0.4) is 0 Å². The van der Waals surface area contributed by atoms with Crippen LogP contribution in [0, 0.1) is 0 Å². The van der Waals surface area contributed by atoms with E-state index >= 15 is 0 Å². The van der Waals surface area contributed by atoms with Crippen LogP contribution >= 0.6 is 27.3 Å². The number of morpholine rings is 1. The van der Waals surface area contributed by atoms with Gasteiger partial charge >= 0.3 is 0 Å². The minimum Gasteiger partial charge on any atom is -0.393 e. The molecule has 2 fully saturated rings. The molecule has 1 saturated carbocycles. The fraction of sp³-hybridized carbons (Fsp3) is 0.522. The fourth-order valence-electron chi connectivity index (χ4n) is 4.36. The molecule has 0 radical (unpaired) electrons. The Kier molecular flexibility index (Phi) is 6.99. The van der Waals surface area contributed by atoms with Gasteiger partial charge in [0.05, 0.1) is 45.9 Å². The highest BCUT2D eigenvalue weighted by Gasteiger charge is 2.21. The molecule has 2 aromatic heterocycles. The maximum atomic E-state index is 9.82. The Labute approximate surface area is 200 Å². The number of aliphatic hydroxyl groups is 1. The number of ether oxygens (including phenoxy) is 1. The van der Waals surface area contributed by atoms with E-state index in [4.69, 9.17) is 19.7 Å². The third-order valence-electron chi connectivity index (χ3n) is 6.08. The number of thiazole rings is 1. The van der Waals surface area contributed by atoms with Crippen LogP contribution in [0.25, 0.3) is 10.2 Å². The van der Waals surface area contributed by atoms with Crippen molar-refractivity contribution in [1.29, 1.82) is 0 Å². The predicted octanol–water partition coefficient (Wildman–Crippen LogP) is 3.99. The summed E-state index contributed by atoms with van der Waals surface area (Å²) in [7, 11) is 0. The van der Waals surface area contributed by atoms with E-state index in [2.05, 4.69) is 38.3 Å². The Hall–Kier alpha value is -1.65. The lowest BCUT2D eigenvalue weighted by atomic mass is 9.93. The third kappa shape index (κ3) is 5.63. The summed E-state index contributed by atoms with van der Waals surface area (Å²) in [6, 6.07) is 8.62. The zero-order valence-electron chi connectivity index (χ0n) is 18.0. The lowest BCUT2D eigenvalue weighted by molar-refractivity contribution is 0.0336. The van der Waals surface area contributed by atoms with Crippen LogP contribution in [0.4, 0.5) is 5.95 Å². The molecule has 5 rings (SSSR count). The van der Waals surface area contributed by atoms with E-state index in [-0.39, 0.29) is 6.10 Å². The minimum absolute atomic E-state index is 0.170. The van der Waals surface area contributed by atoms with Gasteiger partial charge < -0.3 is 15.2 Å². The van der Waals surface area contributed by atoms with Crippen LogP contribution in [0.15, 0.2) is 28.7 Å². The molecule has 1 aliphatic carbocycles. The number of hydrogen-bond acceptors (Lipinski definition) is 8. The first-order valence-electron chi connectivity index (χ1n) is 11.3. The molecule has 2 N–H and O–H groups in total. The summed E-state index contributed by atoms with van der Waals surface area (Å²) in [6.45, 7) is 4.19. The van der Waals surface area contributed by atoms with E-state index < -0.39 is 0 Å². The molecule has 0 amide bonds. The van der Waals surface area contributed by atoms with Crippen molar-refractivity contribution in [2.75, 3.05) is 31.6 Å². The van der Waals surface area contributed by atoms with Crippen LogP contribution in [0.2, 0.25) is 0 Å². The first-order chi connectivity index (χ1) is 15.6. The van der Waals surface area contributed by atoms with Gasteiger partial charge in [-0.15, -0.1) is 11.3 Å². The number of nitrogens with one attached hydrogen (secondary N) is 1. The maximum Gasteiger partial charge on any atom is 0.223 e. The second-order valence-corrected chi connectivity index (χ2v) is 10.6. The van der Waals surface area contributed by atoms with Gasteiger partial charge in [0, 0.05) is 36.6 Å². The van der Waals surface area contributed by atoms with Gasteiger partial charge in [-0.05, 0) is 49.9 Å². The zero-order valence-corrected chi connectivity index (χ0v) is 20.4. The van der Waals surface area contributed by atoms with Gasteiger partial charge in [-0.3, -0.25) is 4.90 Å². The molecule has 1 aromatic carbocycles. The second kappa shape index (κ2) is 10.1. The number of hydrogen-bond donors (Lipinski definition) is 2. The molecule has 9 heteroatoms. The smallest absolute Gasteiger partial charge is 0.223 e. The molecule has 7 nitrogen and oxygen atoms in total. The summed E-state index contributed by atoms with van der Waals surface area (Å²) in [5.74, 6) is 0.691. The average Bonchev–Trinajstić information content (AvgIpc) is 3.17. The Balaban J connectivity index is 1.38. The summed E-state index contributed by atoms with van der Waals surface area (Å²) >= 11 is 5.26. The molecule has 0 unspecified atom stereocenters. The molecule has 3 aromatic rings. The van der Waals surface area contributed by atoms with Crippen molar-refractivity contribution in [3.63, 3.8) is 0 Å². The number of benzene rings is 1. The SMILES string of the molecule is OC1CCC(Nc2nc(Cc3nc4ccc(Br)cc4s3)cc(CN3CCOCC3)n2)CC1. The van der Waals surface area contributed by atoms with Gasteiger partial charge in [-0.1, -0.05) is 15.9 Å². The molecule has 0 atom stereocenters. The minimum atomic E-state index is -0.170. The highest BCUT2D eigenvalue weighted by molar-refractivity contribution is 9.10. The summed E-state index contributed by atoms with van der Waals surface area (Å²) < 4.78 is 7.74. The van der Waals surface area contributed by atoms with E-state index in [0.717, 1.165) is 84.9 Å². The van der Waals surface area contributed by atoms with Crippen LogP contribution < -0.4 is 5.32 Å². The number of anilines is 1. The molecular weight excluding hydrogens is 490 g/mol. The predicted molar refractivity (Wildman–Crippen MR) is 130 cm³/mol. The van der Waals surface area contributed by atoms with Crippen molar-refractivity contribution in [2.24, 2.45) is 0 Å². The Bertz CT molecular complexity index is 1060. The van der Waals surface area contributed by atoms with Crippen molar-refractivity contribution in [1.82, 2.24) is 19.9 Å². The van der Waals surface area contributed by atoms with Gasteiger partial charge in [0.25, 0.3) is 0 Å². The van der Waals surface area contributed by atoms with Gasteiger partial charge in [0.15, 0.2) is 0 Å². The molecule has 3 heterocycles. The maximum absolute atomic E-state index is 9.82. The standard InChI is InChI=1S/C23H28BrN5O2S/c24-15-1-6-20-21(11-15)32-22(28-20)13-17-12-18(14-29-7-9-31-10-8-29)27-23(26-17)25-16-2-4-19(30)5-3-16/h1,6,11-12,16,19,30H,2-5,7-10,13-14H2,(H,25,26,27). The molecule has 0 spiro atoms. The molecule has 1 saturated heterocycles. The quantitative estimate of drug-likeness (QED) is 0.511. The van der Waals surface area contributed by atoms with Gasteiger partial charge in [0.2, 0.25) is 5.95 Å². The van der Waals surface area contributed by atoms with E-state index in [1.165, 1.54) is 4.70 Å². The highest BCUT2D eigenvalue weighted by atomic mass is 79.9. The molecule has 0 bridgehead atoms. The average molecular weight is 518 g/mol. The summed E-state index contributed by atoms with van der Waals surface area (Å²) in [5.41, 5.74) is 3.04. The van der Waals surface area contributed by atoms with Gasteiger partial charge in [-0.25, -0.2) is 15.0 Å². The Morgan fingerprint density at radius 1 is 1.06 bits per heavy atom. The lowest BCUT2D eigenvalue weighted by Crippen LogP contribution is -2.36. The Morgan fingerprint density at radius 2 is 1.84 bits per heavy atom. The van der Waals surface area contributed by atoms with Gasteiger partial charge in [-0.2, -0.15) is 0 Å². The van der Waals surface area contributed by atoms with E-state index in [1.54, 1.807) is 11.3 Å². The number of aliphatic hydroxyl groups excluding tert-OH is 1. The number of halogens is 1. The van der Waals surface area contributed by atoms with Crippen LogP contribution in [-0.2, 0) is 17.7 Å². The van der Waals surface area contributed by atoms with E-state index in [9.17, 15) is 5.11 Å². The van der Waals surface area contributed by atoms with Crippen LogP contribution in [-0.4, -0.2) is 63.4 Å². The second-order valence-electron chi connectivity index (χ2n) is 8.61. The van der Waals surface area contributed by atoms with E-state index in [0.29, 0.717) is 18.4 Å². The lowest BCUT2D eigenvalue weighted by Gasteiger charge is -2.27. The van der Waals surface area contributed by atoms with Crippen molar-refractivity contribution in [2.45, 2.75) is 50.8 Å². The van der Waals surface area contributed by atoms with Crippen molar-refractivity contribution in [3.8, 4) is 0 Å². The number of nitrogens with zero attached hydrogens (tertiary/aromatic N) is 4. The normalized spacial score (nSPS) is 22.3. The number of fused-ring (bicyclic) bond motifs is 1. The Morgan fingerprint density at radius 3 is 2.66 bits per heavy atom.